The van der Waals surface area contributed by atoms with Crippen LogP contribution in [0.1, 0.15) is 36.5 Å². The predicted octanol–water partition coefficient (Wildman–Crippen LogP) is 4.22. The van der Waals surface area contributed by atoms with E-state index in [0.29, 0.717) is 13.0 Å². The minimum Gasteiger partial charge on any atom is -0.496 e. The van der Waals surface area contributed by atoms with Gasteiger partial charge in [-0.2, -0.15) is 0 Å². The second kappa shape index (κ2) is 9.85. The second-order valence-corrected chi connectivity index (χ2v) is 6.49. The Morgan fingerprint density at radius 3 is 2.62 bits per heavy atom. The summed E-state index contributed by atoms with van der Waals surface area (Å²) in [5.74, 6) is 1.61. The van der Waals surface area contributed by atoms with E-state index >= 15 is 0 Å². The predicted molar refractivity (Wildman–Crippen MR) is 105 cm³/mol. The number of aryl methyl sites for hydroxylation is 3. The average molecular weight is 355 g/mol. The molecular weight excluding hydrogens is 326 g/mol. The average Bonchev–Trinajstić information content (AvgIpc) is 2.65. The first kappa shape index (κ1) is 19.8. The lowest BCUT2D eigenvalue weighted by Gasteiger charge is -2.19. The van der Waals surface area contributed by atoms with Crippen LogP contribution in [-0.2, 0) is 11.2 Å². The van der Waals surface area contributed by atoms with Crippen LogP contribution in [0.25, 0.3) is 0 Å². The van der Waals surface area contributed by atoms with Crippen LogP contribution >= 0.6 is 0 Å². The number of carbonyl (C=O) groups is 1. The van der Waals surface area contributed by atoms with Crippen molar-refractivity contribution in [2.45, 2.75) is 46.1 Å². The largest absolute Gasteiger partial charge is 0.496 e. The molecule has 0 fully saturated rings. The van der Waals surface area contributed by atoms with Gasteiger partial charge in [-0.05, 0) is 61.9 Å². The topological polar surface area (TPSA) is 47.6 Å². The molecule has 0 aliphatic carbocycles. The molecule has 1 N–H and O–H groups in total. The summed E-state index contributed by atoms with van der Waals surface area (Å²) in [6.45, 7) is 6.59. The van der Waals surface area contributed by atoms with Crippen LogP contribution in [0.5, 0.6) is 11.5 Å². The molecule has 0 spiro atoms. The summed E-state index contributed by atoms with van der Waals surface area (Å²) in [7, 11) is 1.68. The molecule has 4 heteroatoms. The quantitative estimate of drug-likeness (QED) is 0.685. The number of nitrogens with one attached hydrogen (secondary N) is 1. The van der Waals surface area contributed by atoms with E-state index in [2.05, 4.69) is 11.4 Å². The molecule has 2 aromatic rings. The summed E-state index contributed by atoms with van der Waals surface area (Å²) in [6, 6.07) is 14.0. The maximum absolute atomic E-state index is 12.4. The van der Waals surface area contributed by atoms with E-state index in [1.165, 1.54) is 0 Å². The van der Waals surface area contributed by atoms with Gasteiger partial charge in [0.25, 0.3) is 5.91 Å². The summed E-state index contributed by atoms with van der Waals surface area (Å²) in [5, 5.41) is 2.99. The Bertz CT molecular complexity index is 727. The highest BCUT2D eigenvalue weighted by Gasteiger charge is 2.18. The molecule has 0 aliphatic heterocycles. The molecule has 4 nitrogen and oxygen atoms in total. The lowest BCUT2D eigenvalue weighted by Crippen LogP contribution is -2.38. The van der Waals surface area contributed by atoms with E-state index in [9.17, 15) is 4.79 Å². The highest BCUT2D eigenvalue weighted by atomic mass is 16.5. The van der Waals surface area contributed by atoms with Gasteiger partial charge in [0.05, 0.1) is 7.11 Å². The van der Waals surface area contributed by atoms with Gasteiger partial charge in [-0.3, -0.25) is 4.79 Å². The Labute approximate surface area is 156 Å². The van der Waals surface area contributed by atoms with Crippen LogP contribution in [0.4, 0.5) is 0 Å². The number of rotatable bonds is 9. The molecular formula is C22H29NO3. The molecule has 2 aromatic carbocycles. The number of methoxy groups -OCH3 is 1. The van der Waals surface area contributed by atoms with Crippen molar-refractivity contribution in [3.63, 3.8) is 0 Å². The molecule has 0 aromatic heterocycles. The van der Waals surface area contributed by atoms with Crippen LogP contribution in [0.15, 0.2) is 42.5 Å². The number of ether oxygens (including phenoxy) is 2. The molecule has 0 radical (unpaired) electrons. The van der Waals surface area contributed by atoms with Gasteiger partial charge in [-0.25, -0.2) is 0 Å². The van der Waals surface area contributed by atoms with Crippen molar-refractivity contribution in [2.75, 3.05) is 13.7 Å². The number of carbonyl (C=O) groups excluding carboxylic acids is 1. The van der Waals surface area contributed by atoms with Gasteiger partial charge < -0.3 is 14.8 Å². The third-order valence-electron chi connectivity index (χ3n) is 4.39. The minimum atomic E-state index is -0.471. The van der Waals surface area contributed by atoms with Crippen molar-refractivity contribution in [3.05, 3.63) is 59.2 Å². The van der Waals surface area contributed by atoms with E-state index in [-0.39, 0.29) is 5.91 Å². The zero-order chi connectivity index (χ0) is 18.9. The number of amides is 1. The number of para-hydroxylation sites is 1. The van der Waals surface area contributed by atoms with E-state index < -0.39 is 6.10 Å². The maximum atomic E-state index is 12.4. The van der Waals surface area contributed by atoms with Gasteiger partial charge in [0, 0.05) is 6.54 Å². The van der Waals surface area contributed by atoms with Crippen molar-refractivity contribution in [3.8, 4) is 11.5 Å². The fourth-order valence-electron chi connectivity index (χ4n) is 2.82. The van der Waals surface area contributed by atoms with E-state index in [0.717, 1.165) is 41.0 Å². The molecule has 0 saturated heterocycles. The molecule has 0 unspecified atom stereocenters. The Balaban J connectivity index is 1.84. The molecule has 0 heterocycles. The first-order valence-electron chi connectivity index (χ1n) is 9.18. The van der Waals surface area contributed by atoms with E-state index in [1.807, 2.05) is 57.2 Å². The van der Waals surface area contributed by atoms with Gasteiger partial charge in [0.2, 0.25) is 0 Å². The fourth-order valence-corrected chi connectivity index (χ4v) is 2.82. The lowest BCUT2D eigenvalue weighted by molar-refractivity contribution is -0.128. The monoisotopic (exact) mass is 355 g/mol. The van der Waals surface area contributed by atoms with Gasteiger partial charge in [-0.15, -0.1) is 0 Å². The first-order chi connectivity index (χ1) is 12.5. The number of hydrogen-bond acceptors (Lipinski definition) is 3. The van der Waals surface area contributed by atoms with Gasteiger partial charge >= 0.3 is 0 Å². The summed E-state index contributed by atoms with van der Waals surface area (Å²) >= 11 is 0. The van der Waals surface area contributed by atoms with Crippen LogP contribution < -0.4 is 14.8 Å². The van der Waals surface area contributed by atoms with Crippen LogP contribution in [0.2, 0.25) is 0 Å². The van der Waals surface area contributed by atoms with E-state index in [1.54, 1.807) is 7.11 Å². The third-order valence-corrected chi connectivity index (χ3v) is 4.39. The Morgan fingerprint density at radius 2 is 1.88 bits per heavy atom. The third kappa shape index (κ3) is 5.51. The van der Waals surface area contributed by atoms with Crippen LogP contribution in [0, 0.1) is 13.8 Å². The highest BCUT2D eigenvalue weighted by Crippen LogP contribution is 2.21. The van der Waals surface area contributed by atoms with Crippen molar-refractivity contribution in [1.29, 1.82) is 0 Å². The summed E-state index contributed by atoms with van der Waals surface area (Å²) in [6.07, 6.45) is 1.87. The summed E-state index contributed by atoms with van der Waals surface area (Å²) < 4.78 is 11.3. The highest BCUT2D eigenvalue weighted by molar-refractivity contribution is 5.81. The van der Waals surface area contributed by atoms with Gasteiger partial charge in [-0.1, -0.05) is 37.3 Å². The minimum absolute atomic E-state index is 0.0616. The molecule has 140 valence electrons. The molecule has 1 atom stereocenters. The molecule has 0 bridgehead atoms. The van der Waals surface area contributed by atoms with Crippen LogP contribution in [-0.4, -0.2) is 25.7 Å². The number of benzene rings is 2. The zero-order valence-electron chi connectivity index (χ0n) is 16.2. The van der Waals surface area contributed by atoms with Gasteiger partial charge in [0.15, 0.2) is 6.10 Å². The smallest absolute Gasteiger partial charge is 0.261 e. The summed E-state index contributed by atoms with van der Waals surface area (Å²) in [4.78, 5) is 12.4. The molecule has 0 aliphatic rings. The molecule has 2 rings (SSSR count). The molecule has 1 amide bonds. The van der Waals surface area contributed by atoms with Crippen molar-refractivity contribution >= 4 is 5.91 Å². The van der Waals surface area contributed by atoms with Gasteiger partial charge in [0.1, 0.15) is 11.5 Å². The second-order valence-electron chi connectivity index (χ2n) is 6.49. The Hall–Kier alpha value is -2.49. The van der Waals surface area contributed by atoms with Crippen molar-refractivity contribution in [2.24, 2.45) is 0 Å². The van der Waals surface area contributed by atoms with Crippen molar-refractivity contribution in [1.82, 2.24) is 5.32 Å². The first-order valence-corrected chi connectivity index (χ1v) is 9.18. The maximum Gasteiger partial charge on any atom is 0.261 e. The fraction of sp³-hybridized carbons (Fsp3) is 0.409. The summed E-state index contributed by atoms with van der Waals surface area (Å²) in [5.41, 5.74) is 3.32. The Kier molecular flexibility index (Phi) is 7.52. The number of hydrogen-bond donors (Lipinski definition) is 1. The standard InChI is InChI=1S/C22H29NO3/c1-5-19(26-21-15-16(2)12-13-17(21)3)22(24)23-14-8-10-18-9-6-7-11-20(18)25-4/h6-7,9,11-13,15,19H,5,8,10,14H2,1-4H3,(H,23,24)/t19-/m0/s1. The molecule has 0 saturated carbocycles. The molecule has 26 heavy (non-hydrogen) atoms. The van der Waals surface area contributed by atoms with Crippen LogP contribution in [0.3, 0.4) is 0 Å². The Morgan fingerprint density at radius 1 is 1.12 bits per heavy atom. The lowest BCUT2D eigenvalue weighted by atomic mass is 10.1. The normalized spacial score (nSPS) is 11.7. The van der Waals surface area contributed by atoms with E-state index in [4.69, 9.17) is 9.47 Å². The van der Waals surface area contributed by atoms with Crippen molar-refractivity contribution < 1.29 is 14.3 Å². The SMILES string of the molecule is CC[C@H](Oc1cc(C)ccc1C)C(=O)NCCCc1ccccc1OC. The zero-order valence-corrected chi connectivity index (χ0v) is 16.2.